The molecule has 1 aliphatic rings. The van der Waals surface area contributed by atoms with E-state index in [-0.39, 0.29) is 12.1 Å². The van der Waals surface area contributed by atoms with Gasteiger partial charge in [0.05, 0.1) is 0 Å². The van der Waals surface area contributed by atoms with Crippen molar-refractivity contribution in [1.82, 2.24) is 15.3 Å². The van der Waals surface area contributed by atoms with E-state index in [1.54, 1.807) is 0 Å². The first kappa shape index (κ1) is 18.5. The molecule has 1 saturated heterocycles. The van der Waals surface area contributed by atoms with E-state index in [1.807, 2.05) is 47.6 Å². The zero-order valence-corrected chi connectivity index (χ0v) is 15.7. The molecular weight excluding hydrogens is 304 g/mol. The highest BCUT2D eigenvalue weighted by Crippen LogP contribution is 2.23. The lowest BCUT2D eigenvalue weighted by Gasteiger charge is -2.36. The monoisotopic (exact) mass is 334 g/mol. The number of hydrogen-bond acceptors (Lipinski definition) is 5. The maximum Gasteiger partial charge on any atom is 0.407 e. The molecule has 0 unspecified atom stereocenters. The smallest absolute Gasteiger partial charge is 0.407 e. The molecule has 6 heteroatoms. The molecule has 2 rings (SSSR count). The lowest BCUT2D eigenvalue weighted by Crippen LogP contribution is -2.47. The van der Waals surface area contributed by atoms with E-state index in [0.29, 0.717) is 5.92 Å². The molecule has 1 aromatic rings. The van der Waals surface area contributed by atoms with Crippen LogP contribution in [0.2, 0.25) is 0 Å². The first-order valence-corrected chi connectivity index (χ1v) is 8.71. The molecule has 0 aliphatic carbocycles. The first-order valence-electron chi connectivity index (χ1n) is 8.71. The molecule has 0 saturated carbocycles. The average molecular weight is 334 g/mol. The Kier molecular flexibility index (Phi) is 5.67. The Labute approximate surface area is 145 Å². The van der Waals surface area contributed by atoms with Crippen molar-refractivity contribution in [2.45, 2.75) is 66.0 Å². The van der Waals surface area contributed by atoms with Gasteiger partial charge in [-0.1, -0.05) is 0 Å². The maximum absolute atomic E-state index is 12.0. The van der Waals surface area contributed by atoms with Crippen molar-refractivity contribution in [3.63, 3.8) is 0 Å². The summed E-state index contributed by atoms with van der Waals surface area (Å²) >= 11 is 0. The summed E-state index contributed by atoms with van der Waals surface area (Å²) in [5.41, 5.74) is 1.49. The molecule has 6 nitrogen and oxygen atoms in total. The third-order valence-electron chi connectivity index (χ3n) is 4.16. The summed E-state index contributed by atoms with van der Waals surface area (Å²) in [5.74, 6) is 1.15. The number of piperidine rings is 1. The number of aromatic nitrogens is 2. The molecule has 1 aliphatic heterocycles. The van der Waals surface area contributed by atoms with Crippen molar-refractivity contribution >= 4 is 12.0 Å². The average Bonchev–Trinajstić information content (AvgIpc) is 2.44. The number of hydrogen-bond donors (Lipinski definition) is 1. The fourth-order valence-electron chi connectivity index (χ4n) is 3.06. The van der Waals surface area contributed by atoms with Gasteiger partial charge in [-0.05, 0) is 66.4 Å². The van der Waals surface area contributed by atoms with Gasteiger partial charge in [-0.15, -0.1) is 0 Å². The predicted molar refractivity (Wildman–Crippen MR) is 95.3 cm³/mol. The highest BCUT2D eigenvalue weighted by Gasteiger charge is 2.28. The fraction of sp³-hybridized carbons (Fsp3) is 0.722. The van der Waals surface area contributed by atoms with Crippen molar-refractivity contribution < 1.29 is 9.53 Å². The topological polar surface area (TPSA) is 67.4 Å². The maximum atomic E-state index is 12.0. The molecule has 0 radical (unpaired) electrons. The lowest BCUT2D eigenvalue weighted by atomic mass is 9.92. The lowest BCUT2D eigenvalue weighted by molar-refractivity contribution is 0.0489. The summed E-state index contributed by atoms with van der Waals surface area (Å²) in [5, 5.41) is 2.97. The Hall–Kier alpha value is -1.85. The number of anilines is 1. The third kappa shape index (κ3) is 5.35. The minimum absolute atomic E-state index is 0.0496. The largest absolute Gasteiger partial charge is 0.444 e. The van der Waals surface area contributed by atoms with E-state index in [1.165, 1.54) is 0 Å². The van der Waals surface area contributed by atoms with Gasteiger partial charge in [-0.2, -0.15) is 0 Å². The molecule has 1 amide bonds. The molecule has 1 fully saturated rings. The fourth-order valence-corrected chi connectivity index (χ4v) is 3.06. The Morgan fingerprint density at radius 2 is 1.96 bits per heavy atom. The number of aryl methyl sites for hydroxylation is 2. The SMILES string of the molecule is Cc1cc(C)nc(N2CCC[C@@H]([C@H](C)NC(=O)OC(C)(C)C)C2)n1. The molecule has 2 atom stereocenters. The van der Waals surface area contributed by atoms with Crippen molar-refractivity contribution in [2.24, 2.45) is 5.92 Å². The Balaban J connectivity index is 1.98. The van der Waals surface area contributed by atoms with Crippen molar-refractivity contribution in [3.8, 4) is 0 Å². The Bertz CT molecular complexity index is 563. The Morgan fingerprint density at radius 1 is 1.33 bits per heavy atom. The van der Waals surface area contributed by atoms with Gasteiger partial charge in [-0.3, -0.25) is 0 Å². The van der Waals surface area contributed by atoms with Crippen LogP contribution in [0.4, 0.5) is 10.7 Å². The molecule has 1 aromatic heterocycles. The second-order valence-electron chi connectivity index (χ2n) is 7.73. The minimum atomic E-state index is -0.477. The van der Waals surface area contributed by atoms with Crippen molar-refractivity contribution in [3.05, 3.63) is 17.5 Å². The summed E-state index contributed by atoms with van der Waals surface area (Å²) in [7, 11) is 0. The van der Waals surface area contributed by atoms with E-state index >= 15 is 0 Å². The third-order valence-corrected chi connectivity index (χ3v) is 4.16. The van der Waals surface area contributed by atoms with Crippen molar-refractivity contribution in [1.29, 1.82) is 0 Å². The van der Waals surface area contributed by atoms with Crippen LogP contribution in [-0.2, 0) is 4.74 Å². The molecule has 0 spiro atoms. The molecule has 24 heavy (non-hydrogen) atoms. The van der Waals surface area contributed by atoms with Crippen LogP contribution in [0.1, 0.15) is 51.9 Å². The van der Waals surface area contributed by atoms with Crippen molar-refractivity contribution in [2.75, 3.05) is 18.0 Å². The number of rotatable bonds is 3. The van der Waals surface area contributed by atoms with Crippen LogP contribution in [-0.4, -0.2) is 40.8 Å². The van der Waals surface area contributed by atoms with Gasteiger partial charge in [0.25, 0.3) is 0 Å². The number of amides is 1. The van der Waals surface area contributed by atoms with Crippen LogP contribution in [0, 0.1) is 19.8 Å². The summed E-state index contributed by atoms with van der Waals surface area (Å²) in [4.78, 5) is 23.3. The molecule has 134 valence electrons. The van der Waals surface area contributed by atoms with Crippen LogP contribution >= 0.6 is 0 Å². The van der Waals surface area contributed by atoms with Gasteiger partial charge in [0.1, 0.15) is 5.60 Å². The van der Waals surface area contributed by atoms with Gasteiger partial charge < -0.3 is 15.0 Å². The number of carbonyl (C=O) groups excluding carboxylic acids is 1. The number of alkyl carbamates (subject to hydrolysis) is 1. The van der Waals surface area contributed by atoms with E-state index in [9.17, 15) is 4.79 Å². The molecule has 0 aromatic carbocycles. The summed E-state index contributed by atoms with van der Waals surface area (Å²) in [6.45, 7) is 13.4. The van der Waals surface area contributed by atoms with E-state index < -0.39 is 5.60 Å². The zero-order chi connectivity index (χ0) is 17.9. The number of nitrogens with one attached hydrogen (secondary N) is 1. The van der Waals surface area contributed by atoms with Crippen LogP contribution in [0.15, 0.2) is 6.07 Å². The number of nitrogens with zero attached hydrogens (tertiary/aromatic N) is 3. The minimum Gasteiger partial charge on any atom is -0.444 e. The molecule has 0 bridgehead atoms. The van der Waals surface area contributed by atoms with Crippen LogP contribution in [0.5, 0.6) is 0 Å². The summed E-state index contributed by atoms with van der Waals surface area (Å²) < 4.78 is 5.35. The van der Waals surface area contributed by atoms with Gasteiger partial charge in [0.15, 0.2) is 0 Å². The predicted octanol–water partition coefficient (Wildman–Crippen LogP) is 3.22. The summed E-state index contributed by atoms with van der Waals surface area (Å²) in [6.07, 6.45) is 1.80. The highest BCUT2D eigenvalue weighted by molar-refractivity contribution is 5.68. The molecule has 2 heterocycles. The van der Waals surface area contributed by atoms with Crippen LogP contribution in [0.3, 0.4) is 0 Å². The Morgan fingerprint density at radius 3 is 2.54 bits per heavy atom. The van der Waals surface area contributed by atoms with Gasteiger partial charge in [0.2, 0.25) is 5.95 Å². The van der Waals surface area contributed by atoms with Gasteiger partial charge >= 0.3 is 6.09 Å². The second kappa shape index (κ2) is 7.36. The standard InChI is InChI=1S/C18H30N4O2/c1-12-10-13(2)20-16(19-12)22-9-7-8-15(11-22)14(3)21-17(23)24-18(4,5)6/h10,14-15H,7-9,11H2,1-6H3,(H,21,23)/t14-,15+/m0/s1. The van der Waals surface area contributed by atoms with Gasteiger partial charge in [-0.25, -0.2) is 14.8 Å². The van der Waals surface area contributed by atoms with Crippen LogP contribution in [0.25, 0.3) is 0 Å². The molecular formula is C18H30N4O2. The number of ether oxygens (including phenoxy) is 1. The van der Waals surface area contributed by atoms with E-state index in [0.717, 1.165) is 43.3 Å². The van der Waals surface area contributed by atoms with E-state index in [2.05, 4.69) is 20.2 Å². The van der Waals surface area contributed by atoms with Crippen LogP contribution < -0.4 is 10.2 Å². The van der Waals surface area contributed by atoms with E-state index in [4.69, 9.17) is 4.74 Å². The molecule has 1 N–H and O–H groups in total. The van der Waals surface area contributed by atoms with Gasteiger partial charge in [0, 0.05) is 30.5 Å². The second-order valence-corrected chi connectivity index (χ2v) is 7.73. The highest BCUT2D eigenvalue weighted by atomic mass is 16.6. The normalized spacial score (nSPS) is 19.8. The first-order chi connectivity index (χ1) is 11.1. The summed E-state index contributed by atoms with van der Waals surface area (Å²) in [6, 6.07) is 2.03. The quantitative estimate of drug-likeness (QED) is 0.919. The number of carbonyl (C=O) groups is 1. The zero-order valence-electron chi connectivity index (χ0n) is 15.7.